The summed E-state index contributed by atoms with van der Waals surface area (Å²) < 4.78 is 0. The Morgan fingerprint density at radius 3 is 2.42 bits per heavy atom. The molecule has 0 aliphatic carbocycles. The van der Waals surface area contributed by atoms with Crippen LogP contribution in [0.15, 0.2) is 59.5 Å². The standard InChI is InChI=1S/C16H15NOS/c1-19-13-9-6-12(7-10-13)8-11-16(18)14-4-2-3-5-15(14)17/h2-11H,17H2,1H3/b11-8+. The van der Waals surface area contributed by atoms with E-state index in [1.54, 1.807) is 36.0 Å². The molecule has 0 spiro atoms. The smallest absolute Gasteiger partial charge is 0.187 e. The Hall–Kier alpha value is -2.00. The zero-order valence-corrected chi connectivity index (χ0v) is 11.5. The Kier molecular flexibility index (Phi) is 4.42. The minimum atomic E-state index is -0.0768. The van der Waals surface area contributed by atoms with Crippen LogP contribution in [-0.4, -0.2) is 12.0 Å². The first-order valence-electron chi connectivity index (χ1n) is 5.91. The van der Waals surface area contributed by atoms with Crippen LogP contribution in [-0.2, 0) is 0 Å². The van der Waals surface area contributed by atoms with Crippen molar-refractivity contribution >= 4 is 29.3 Å². The van der Waals surface area contributed by atoms with E-state index in [0.29, 0.717) is 11.3 Å². The fraction of sp³-hybridized carbons (Fsp3) is 0.0625. The molecule has 96 valence electrons. The molecule has 0 saturated carbocycles. The lowest BCUT2D eigenvalue weighted by Crippen LogP contribution is -1.99. The normalized spacial score (nSPS) is 10.8. The van der Waals surface area contributed by atoms with Crippen molar-refractivity contribution in [2.45, 2.75) is 4.90 Å². The van der Waals surface area contributed by atoms with Crippen molar-refractivity contribution in [2.24, 2.45) is 0 Å². The topological polar surface area (TPSA) is 43.1 Å². The van der Waals surface area contributed by atoms with Gasteiger partial charge >= 0.3 is 0 Å². The molecule has 2 aromatic rings. The van der Waals surface area contributed by atoms with Crippen LogP contribution in [0, 0.1) is 0 Å². The van der Waals surface area contributed by atoms with Crippen molar-refractivity contribution in [3.05, 3.63) is 65.7 Å². The lowest BCUT2D eigenvalue weighted by molar-refractivity contribution is 0.104. The molecular weight excluding hydrogens is 254 g/mol. The number of para-hydroxylation sites is 1. The highest BCUT2D eigenvalue weighted by molar-refractivity contribution is 7.98. The molecule has 0 aliphatic rings. The number of nitrogen functional groups attached to an aromatic ring is 1. The van der Waals surface area contributed by atoms with E-state index in [0.717, 1.165) is 5.56 Å². The first-order valence-corrected chi connectivity index (χ1v) is 7.14. The van der Waals surface area contributed by atoms with Gasteiger partial charge in [-0.2, -0.15) is 0 Å². The third-order valence-electron chi connectivity index (χ3n) is 2.77. The van der Waals surface area contributed by atoms with Crippen molar-refractivity contribution < 1.29 is 4.79 Å². The molecule has 0 atom stereocenters. The van der Waals surface area contributed by atoms with Crippen molar-refractivity contribution in [2.75, 3.05) is 12.0 Å². The zero-order valence-electron chi connectivity index (χ0n) is 10.7. The zero-order chi connectivity index (χ0) is 13.7. The number of nitrogens with two attached hydrogens (primary N) is 1. The van der Waals surface area contributed by atoms with Crippen LogP contribution in [0.1, 0.15) is 15.9 Å². The third kappa shape index (κ3) is 3.48. The monoisotopic (exact) mass is 269 g/mol. The number of carbonyl (C=O) groups is 1. The highest BCUT2D eigenvalue weighted by Gasteiger charge is 2.04. The average molecular weight is 269 g/mol. The largest absolute Gasteiger partial charge is 0.398 e. The Bertz CT molecular complexity index is 602. The second-order valence-electron chi connectivity index (χ2n) is 4.06. The summed E-state index contributed by atoms with van der Waals surface area (Å²) in [5.41, 5.74) is 7.82. The van der Waals surface area contributed by atoms with Crippen LogP contribution in [0.2, 0.25) is 0 Å². The molecule has 0 radical (unpaired) electrons. The molecule has 0 aliphatic heterocycles. The van der Waals surface area contributed by atoms with Gasteiger partial charge in [0.15, 0.2) is 5.78 Å². The van der Waals surface area contributed by atoms with Crippen LogP contribution in [0.5, 0.6) is 0 Å². The molecule has 0 saturated heterocycles. The Labute approximate surface area is 117 Å². The van der Waals surface area contributed by atoms with Crippen molar-refractivity contribution in [3.63, 3.8) is 0 Å². The minimum Gasteiger partial charge on any atom is -0.398 e. The van der Waals surface area contributed by atoms with Crippen molar-refractivity contribution in [1.29, 1.82) is 0 Å². The summed E-state index contributed by atoms with van der Waals surface area (Å²) in [4.78, 5) is 13.2. The molecule has 2 nitrogen and oxygen atoms in total. The van der Waals surface area contributed by atoms with E-state index in [4.69, 9.17) is 5.73 Å². The first-order chi connectivity index (χ1) is 9.20. The Balaban J connectivity index is 2.14. The van der Waals surface area contributed by atoms with E-state index >= 15 is 0 Å². The third-order valence-corrected chi connectivity index (χ3v) is 3.51. The molecular formula is C16H15NOS. The van der Waals surface area contributed by atoms with Gasteiger partial charge in [0.1, 0.15) is 0 Å². The number of hydrogen-bond acceptors (Lipinski definition) is 3. The number of allylic oxidation sites excluding steroid dienone is 1. The van der Waals surface area contributed by atoms with E-state index in [2.05, 4.69) is 0 Å². The molecule has 0 aromatic heterocycles. The highest BCUT2D eigenvalue weighted by atomic mass is 32.2. The number of carbonyl (C=O) groups excluding carboxylic acids is 1. The van der Waals surface area contributed by atoms with E-state index in [1.165, 1.54) is 4.90 Å². The van der Waals surface area contributed by atoms with E-state index in [9.17, 15) is 4.79 Å². The summed E-state index contributed by atoms with van der Waals surface area (Å²) in [6.45, 7) is 0. The van der Waals surface area contributed by atoms with Gasteiger partial charge in [0.2, 0.25) is 0 Å². The van der Waals surface area contributed by atoms with Crippen LogP contribution in [0.3, 0.4) is 0 Å². The summed E-state index contributed by atoms with van der Waals surface area (Å²) in [6, 6.07) is 15.1. The van der Waals surface area contributed by atoms with Gasteiger partial charge < -0.3 is 5.73 Å². The Morgan fingerprint density at radius 2 is 1.79 bits per heavy atom. The summed E-state index contributed by atoms with van der Waals surface area (Å²) in [5, 5.41) is 0. The van der Waals surface area contributed by atoms with Gasteiger partial charge in [-0.15, -0.1) is 11.8 Å². The molecule has 2 N–H and O–H groups in total. The van der Waals surface area contributed by atoms with Gasteiger partial charge in [-0.25, -0.2) is 0 Å². The van der Waals surface area contributed by atoms with Crippen LogP contribution >= 0.6 is 11.8 Å². The number of anilines is 1. The fourth-order valence-electron chi connectivity index (χ4n) is 1.70. The van der Waals surface area contributed by atoms with Gasteiger partial charge in [-0.05, 0) is 42.2 Å². The molecule has 0 heterocycles. The summed E-state index contributed by atoms with van der Waals surface area (Å²) >= 11 is 1.69. The maximum Gasteiger partial charge on any atom is 0.187 e. The minimum absolute atomic E-state index is 0.0768. The van der Waals surface area contributed by atoms with E-state index in [1.807, 2.05) is 42.7 Å². The van der Waals surface area contributed by atoms with Gasteiger partial charge in [-0.3, -0.25) is 4.79 Å². The second-order valence-corrected chi connectivity index (χ2v) is 4.94. The van der Waals surface area contributed by atoms with Gasteiger partial charge in [0.05, 0.1) is 0 Å². The molecule has 3 heteroatoms. The van der Waals surface area contributed by atoms with Gasteiger partial charge in [0, 0.05) is 16.1 Å². The molecule has 2 rings (SSSR count). The lowest BCUT2D eigenvalue weighted by Gasteiger charge is -2.00. The number of hydrogen-bond donors (Lipinski definition) is 1. The van der Waals surface area contributed by atoms with Crippen LogP contribution in [0.4, 0.5) is 5.69 Å². The van der Waals surface area contributed by atoms with Gasteiger partial charge in [-0.1, -0.05) is 30.3 Å². The molecule has 0 amide bonds. The Morgan fingerprint density at radius 1 is 1.11 bits per heavy atom. The van der Waals surface area contributed by atoms with Gasteiger partial charge in [0.25, 0.3) is 0 Å². The van der Waals surface area contributed by atoms with E-state index < -0.39 is 0 Å². The summed E-state index contributed by atoms with van der Waals surface area (Å²) in [6.07, 6.45) is 5.39. The maximum absolute atomic E-state index is 12.0. The highest BCUT2D eigenvalue weighted by Crippen LogP contribution is 2.16. The van der Waals surface area contributed by atoms with Crippen LogP contribution < -0.4 is 5.73 Å². The molecule has 0 bridgehead atoms. The predicted octanol–water partition coefficient (Wildman–Crippen LogP) is 3.89. The SMILES string of the molecule is CSc1ccc(/C=C/C(=O)c2ccccc2N)cc1. The first kappa shape index (κ1) is 13.4. The van der Waals surface area contributed by atoms with Crippen molar-refractivity contribution in [1.82, 2.24) is 0 Å². The second kappa shape index (κ2) is 6.25. The number of rotatable bonds is 4. The molecule has 19 heavy (non-hydrogen) atoms. The molecule has 0 unspecified atom stereocenters. The predicted molar refractivity (Wildman–Crippen MR) is 82.4 cm³/mol. The quantitative estimate of drug-likeness (QED) is 0.396. The van der Waals surface area contributed by atoms with Crippen molar-refractivity contribution in [3.8, 4) is 0 Å². The molecule has 0 fully saturated rings. The number of benzene rings is 2. The van der Waals surface area contributed by atoms with E-state index in [-0.39, 0.29) is 5.78 Å². The lowest BCUT2D eigenvalue weighted by atomic mass is 10.1. The number of ketones is 1. The average Bonchev–Trinajstić information content (AvgIpc) is 2.46. The molecule has 2 aromatic carbocycles. The maximum atomic E-state index is 12.0. The summed E-state index contributed by atoms with van der Waals surface area (Å²) in [5.74, 6) is -0.0768. The summed E-state index contributed by atoms with van der Waals surface area (Å²) in [7, 11) is 0. The number of thioether (sulfide) groups is 1. The van der Waals surface area contributed by atoms with Crippen LogP contribution in [0.25, 0.3) is 6.08 Å². The fourth-order valence-corrected chi connectivity index (χ4v) is 2.11.